The van der Waals surface area contributed by atoms with E-state index in [2.05, 4.69) is 16.0 Å². The lowest BCUT2D eigenvalue weighted by Crippen LogP contribution is -2.54. The number of rotatable bonds is 16. The molecule has 13 heteroatoms. The number of ether oxygens (including phenoxy) is 3. The van der Waals surface area contributed by atoms with Crippen molar-refractivity contribution in [2.24, 2.45) is 0 Å². The fraction of sp³-hybridized carbons (Fsp3) is 0.419. The van der Waals surface area contributed by atoms with Gasteiger partial charge in [0.15, 0.2) is 0 Å². The summed E-state index contributed by atoms with van der Waals surface area (Å²) >= 11 is 0. The van der Waals surface area contributed by atoms with Gasteiger partial charge in [0, 0.05) is 26.0 Å². The summed E-state index contributed by atoms with van der Waals surface area (Å²) in [5.41, 5.74) is 1.27. The van der Waals surface area contributed by atoms with Gasteiger partial charge in [-0.3, -0.25) is 34.2 Å². The first-order valence-electron chi connectivity index (χ1n) is 14.6. The highest BCUT2D eigenvalue weighted by molar-refractivity contribution is 6.26. The molecule has 0 aliphatic carbocycles. The number of amides is 6. The normalized spacial score (nSPS) is 16.0. The summed E-state index contributed by atoms with van der Waals surface area (Å²) in [5, 5.41) is 7.50. The summed E-state index contributed by atoms with van der Waals surface area (Å²) in [5.74, 6) is -2.74. The molecule has 2 aromatic rings. The zero-order chi connectivity index (χ0) is 31.3. The van der Waals surface area contributed by atoms with Crippen molar-refractivity contribution in [3.05, 3.63) is 65.2 Å². The third kappa shape index (κ3) is 8.94. The number of hydrogen-bond acceptors (Lipinski definition) is 9. The Balaban J connectivity index is 1.04. The van der Waals surface area contributed by atoms with Gasteiger partial charge < -0.3 is 24.8 Å². The first-order valence-corrected chi connectivity index (χ1v) is 14.6. The lowest BCUT2D eigenvalue weighted by Gasteiger charge is -2.27. The number of nitrogens with zero attached hydrogens (tertiary/aromatic N) is 1. The minimum absolute atomic E-state index is 0.0273. The monoisotopic (exact) mass is 608 g/mol. The molecule has 1 saturated heterocycles. The number of carbonyl (C=O) groups is 6. The molecule has 3 N–H and O–H groups in total. The van der Waals surface area contributed by atoms with Crippen LogP contribution in [0.2, 0.25) is 0 Å². The molecule has 0 saturated carbocycles. The zero-order valence-electron chi connectivity index (χ0n) is 24.3. The van der Waals surface area contributed by atoms with E-state index in [4.69, 9.17) is 14.2 Å². The molecule has 4 rings (SSSR count). The summed E-state index contributed by atoms with van der Waals surface area (Å²) in [7, 11) is 0. The second-order valence-corrected chi connectivity index (χ2v) is 10.2. The van der Waals surface area contributed by atoms with E-state index in [9.17, 15) is 28.8 Å². The van der Waals surface area contributed by atoms with Crippen LogP contribution in [0, 0.1) is 0 Å². The van der Waals surface area contributed by atoms with Crippen molar-refractivity contribution in [2.75, 3.05) is 38.3 Å². The van der Waals surface area contributed by atoms with Crippen molar-refractivity contribution in [1.82, 2.24) is 15.5 Å². The van der Waals surface area contributed by atoms with E-state index >= 15 is 0 Å². The maximum absolute atomic E-state index is 13.1. The molecule has 2 heterocycles. The summed E-state index contributed by atoms with van der Waals surface area (Å²) in [6.45, 7) is 2.15. The Bertz CT molecular complexity index is 1370. The van der Waals surface area contributed by atoms with Crippen molar-refractivity contribution in [2.45, 2.75) is 51.2 Å². The van der Waals surface area contributed by atoms with E-state index in [0.717, 1.165) is 23.3 Å². The van der Waals surface area contributed by atoms with Crippen LogP contribution in [0.3, 0.4) is 0 Å². The van der Waals surface area contributed by atoms with E-state index < -0.39 is 35.8 Å². The van der Waals surface area contributed by atoms with Crippen molar-refractivity contribution in [3.63, 3.8) is 0 Å². The van der Waals surface area contributed by atoms with Gasteiger partial charge in [-0.1, -0.05) is 42.8 Å². The van der Waals surface area contributed by atoms with Crippen LogP contribution in [-0.2, 0) is 35.2 Å². The smallest absolute Gasteiger partial charge is 0.407 e. The van der Waals surface area contributed by atoms with Crippen LogP contribution in [0.5, 0.6) is 0 Å². The molecular formula is C31H36N4O9. The maximum Gasteiger partial charge on any atom is 0.407 e. The number of nitrogens with one attached hydrogen (secondary N) is 3. The summed E-state index contributed by atoms with van der Waals surface area (Å²) in [6, 6.07) is 12.9. The Morgan fingerprint density at radius 1 is 0.864 bits per heavy atom. The van der Waals surface area contributed by atoms with Crippen molar-refractivity contribution < 1.29 is 43.0 Å². The van der Waals surface area contributed by atoms with Gasteiger partial charge in [-0.25, -0.2) is 4.79 Å². The van der Waals surface area contributed by atoms with Gasteiger partial charge in [-0.15, -0.1) is 0 Å². The standard InChI is InChI=1S/C31H36N4O9/c36-25(12-5-2-6-16-42-18-19-43-17-15-32-31(41)44-20-21-8-3-1-4-9-21)33-23-11-7-10-22-27(23)30(40)35(29(22)39)24-13-14-26(37)34-28(24)38/h1,3-4,7-11,24H,2,5-6,12-20H2,(H,32,41)(H,33,36)(H,34,37,38). The highest BCUT2D eigenvalue weighted by Gasteiger charge is 2.45. The molecule has 2 aromatic carbocycles. The molecular weight excluding hydrogens is 572 g/mol. The van der Waals surface area contributed by atoms with Gasteiger partial charge in [-0.05, 0) is 37.0 Å². The molecule has 0 aromatic heterocycles. The Kier molecular flexibility index (Phi) is 12.0. The Labute approximate surface area is 254 Å². The molecule has 6 amide bonds. The van der Waals surface area contributed by atoms with Crippen LogP contribution in [0.1, 0.15) is 64.8 Å². The fourth-order valence-corrected chi connectivity index (χ4v) is 4.82. The molecule has 0 spiro atoms. The number of carbonyl (C=O) groups excluding carboxylic acids is 6. The molecule has 2 aliphatic heterocycles. The van der Waals surface area contributed by atoms with Gasteiger partial charge in [0.1, 0.15) is 12.6 Å². The van der Waals surface area contributed by atoms with Gasteiger partial charge in [0.25, 0.3) is 11.8 Å². The molecule has 44 heavy (non-hydrogen) atoms. The second-order valence-electron chi connectivity index (χ2n) is 10.2. The highest BCUT2D eigenvalue weighted by Crippen LogP contribution is 2.32. The molecule has 234 valence electrons. The minimum atomic E-state index is -1.07. The third-order valence-corrected chi connectivity index (χ3v) is 7.04. The van der Waals surface area contributed by atoms with Crippen LogP contribution in [-0.4, -0.2) is 79.5 Å². The third-order valence-electron chi connectivity index (χ3n) is 7.04. The van der Waals surface area contributed by atoms with Crippen molar-refractivity contribution in [3.8, 4) is 0 Å². The number of imide groups is 2. The lowest BCUT2D eigenvalue weighted by atomic mass is 10.0. The summed E-state index contributed by atoms with van der Waals surface area (Å²) < 4.78 is 16.1. The van der Waals surface area contributed by atoms with E-state index in [-0.39, 0.29) is 48.6 Å². The molecule has 1 fully saturated rings. The minimum Gasteiger partial charge on any atom is -0.445 e. The molecule has 13 nitrogen and oxygen atoms in total. The van der Waals surface area contributed by atoms with Crippen molar-refractivity contribution in [1.29, 1.82) is 0 Å². The number of fused-ring (bicyclic) bond motifs is 1. The molecule has 1 atom stereocenters. The number of piperidine rings is 1. The summed E-state index contributed by atoms with van der Waals surface area (Å²) in [6.07, 6.45) is 1.89. The van der Waals surface area contributed by atoms with Crippen LogP contribution >= 0.6 is 0 Å². The van der Waals surface area contributed by atoms with Crippen LogP contribution in [0.4, 0.5) is 10.5 Å². The fourth-order valence-electron chi connectivity index (χ4n) is 4.82. The lowest BCUT2D eigenvalue weighted by molar-refractivity contribution is -0.136. The van der Waals surface area contributed by atoms with E-state index in [1.165, 1.54) is 6.07 Å². The van der Waals surface area contributed by atoms with Crippen LogP contribution in [0.25, 0.3) is 0 Å². The van der Waals surface area contributed by atoms with Gasteiger partial charge in [0.05, 0.1) is 36.6 Å². The SMILES string of the molecule is O=C1CCC(N2C(=O)c3cccc(NC(=O)CCCCCOCCOCCNC(=O)OCc4ccccc4)c3C2=O)C(=O)N1. The largest absolute Gasteiger partial charge is 0.445 e. The van der Waals surface area contributed by atoms with E-state index in [1.54, 1.807) is 12.1 Å². The first kappa shape index (κ1) is 32.3. The Morgan fingerprint density at radius 2 is 1.64 bits per heavy atom. The molecule has 1 unspecified atom stereocenters. The maximum atomic E-state index is 13.1. The Morgan fingerprint density at radius 3 is 2.41 bits per heavy atom. The number of unbranched alkanes of at least 4 members (excludes halogenated alkanes) is 2. The van der Waals surface area contributed by atoms with Crippen LogP contribution in [0.15, 0.2) is 48.5 Å². The quantitative estimate of drug-likeness (QED) is 0.191. The molecule has 2 aliphatic rings. The molecule has 0 bridgehead atoms. The average molecular weight is 609 g/mol. The predicted octanol–water partition coefficient (Wildman–Crippen LogP) is 2.55. The zero-order valence-corrected chi connectivity index (χ0v) is 24.3. The number of hydrogen-bond donors (Lipinski definition) is 3. The predicted molar refractivity (Wildman–Crippen MR) is 156 cm³/mol. The van der Waals surface area contributed by atoms with E-state index in [0.29, 0.717) is 39.4 Å². The first-order chi connectivity index (χ1) is 21.3. The van der Waals surface area contributed by atoms with Gasteiger partial charge in [0.2, 0.25) is 17.7 Å². The van der Waals surface area contributed by atoms with Crippen LogP contribution < -0.4 is 16.0 Å². The second kappa shape index (κ2) is 16.3. The molecule has 0 radical (unpaired) electrons. The van der Waals surface area contributed by atoms with Crippen molar-refractivity contribution >= 4 is 41.3 Å². The van der Waals surface area contributed by atoms with Gasteiger partial charge in [-0.2, -0.15) is 0 Å². The topological polar surface area (TPSA) is 169 Å². The number of alkyl carbamates (subject to hydrolysis) is 1. The Hall–Kier alpha value is -4.62. The average Bonchev–Trinajstić information content (AvgIpc) is 3.27. The highest BCUT2D eigenvalue weighted by atomic mass is 16.5. The summed E-state index contributed by atoms with van der Waals surface area (Å²) in [4.78, 5) is 74.9. The van der Waals surface area contributed by atoms with E-state index in [1.807, 2.05) is 30.3 Å². The number of benzene rings is 2. The number of anilines is 1. The van der Waals surface area contributed by atoms with Gasteiger partial charge >= 0.3 is 6.09 Å².